The molecule has 2 radical (unpaired) electrons. The summed E-state index contributed by atoms with van der Waals surface area (Å²) in [4.78, 5) is 0. The van der Waals surface area contributed by atoms with E-state index in [9.17, 15) is 44.6 Å². The van der Waals surface area contributed by atoms with Gasteiger partial charge in [-0.25, -0.2) is 0 Å². The van der Waals surface area contributed by atoms with Gasteiger partial charge >= 0.3 is 89.6 Å². The van der Waals surface area contributed by atoms with Gasteiger partial charge in [-0.1, -0.05) is 0 Å². The minimum absolute atomic E-state index is 0.0681. The van der Waals surface area contributed by atoms with Crippen LogP contribution in [0.5, 0.6) is 0 Å². The topological polar surface area (TPSA) is 23.1 Å². The molecule has 1 nitrogen and oxygen atoms in total. The van der Waals surface area contributed by atoms with Crippen LogP contribution in [0.2, 0.25) is 8.26 Å². The first-order chi connectivity index (χ1) is 10.2. The molecule has 0 saturated carbocycles. The number of hydrogen-bond acceptors (Lipinski definition) is 1. The molecular weight excluding hydrogens is 540 g/mol. The summed E-state index contributed by atoms with van der Waals surface area (Å²) in [5.74, 6) is 0. The summed E-state index contributed by atoms with van der Waals surface area (Å²) in [5, 5.41) is 9.79. The maximum absolute atomic E-state index is 11.3. The van der Waals surface area contributed by atoms with Gasteiger partial charge < -0.3 is 5.11 Å². The van der Waals surface area contributed by atoms with Crippen LogP contribution in [0.4, 0.5) is 39.5 Å². The first kappa shape index (κ1) is 25.5. The Morgan fingerprint density at radius 2 is 0.913 bits per heavy atom. The van der Waals surface area contributed by atoms with Gasteiger partial charge in [0.2, 0.25) is 0 Å². The van der Waals surface area contributed by atoms with Crippen molar-refractivity contribution < 1.29 is 44.6 Å². The molecule has 0 unspecified atom stereocenters. The Hall–Kier alpha value is 0.213. The second-order valence-corrected chi connectivity index (χ2v) is 9.77. The van der Waals surface area contributed by atoms with Crippen molar-refractivity contribution >= 4 is 23.2 Å². The monoisotopic (exact) mass is 558 g/mol. The minimum atomic E-state index is -6.98. The summed E-state index contributed by atoms with van der Waals surface area (Å²) in [5.41, 5.74) is -6.94. The van der Waals surface area contributed by atoms with E-state index in [0.29, 0.717) is 0 Å². The van der Waals surface area contributed by atoms with Gasteiger partial charge in [-0.05, 0) is 0 Å². The van der Waals surface area contributed by atoms with Gasteiger partial charge in [0.15, 0.2) is 5.60 Å². The van der Waals surface area contributed by atoms with E-state index in [4.69, 9.17) is 0 Å². The molecule has 0 spiro atoms. The van der Waals surface area contributed by atoms with Crippen molar-refractivity contribution in [1.29, 1.82) is 0 Å². The quantitative estimate of drug-likeness (QED) is 0.259. The van der Waals surface area contributed by atoms with Crippen LogP contribution in [0.1, 0.15) is 39.5 Å². The fourth-order valence-corrected chi connectivity index (χ4v) is 6.20. The van der Waals surface area contributed by atoms with Gasteiger partial charge in [-0.3, -0.25) is 0 Å². The predicted octanol–water partition coefficient (Wildman–Crippen LogP) is 4.90. The van der Waals surface area contributed by atoms with Crippen LogP contribution in [0.25, 0.3) is 0 Å². The molecule has 0 atom stereocenters. The summed E-state index contributed by atoms with van der Waals surface area (Å²) in [6.45, 7) is 4.59. The Kier molecular flexibility index (Phi) is 11.4. The molecule has 0 N–H and O–H groups in total. The van der Waals surface area contributed by atoms with Crippen LogP contribution in [0.3, 0.4) is 0 Å². The maximum Gasteiger partial charge on any atom is 0.397 e. The van der Waals surface area contributed by atoms with Gasteiger partial charge in [0, 0.05) is 0 Å². The molecule has 0 aromatic rings. The standard InChI is InChI=1S/C4F9O.2C4H9.Bi/c5-2(6,7)1(14,3(8,9)10)4(11,12)13;2*1-3-4-2;/h;2*1,3-4H2,2H3;/q-1;;;+1. The first-order valence-corrected chi connectivity index (χ1v) is 11.6. The van der Waals surface area contributed by atoms with Crippen molar-refractivity contribution in [3.63, 3.8) is 0 Å². The van der Waals surface area contributed by atoms with E-state index in [1.54, 1.807) is 8.26 Å². The summed E-state index contributed by atoms with van der Waals surface area (Å²) in [6, 6.07) is 0. The van der Waals surface area contributed by atoms with E-state index in [1.807, 2.05) is 0 Å². The molecule has 11 heteroatoms. The van der Waals surface area contributed by atoms with Gasteiger partial charge in [-0.2, -0.15) is 39.5 Å². The van der Waals surface area contributed by atoms with E-state index in [2.05, 4.69) is 13.8 Å². The maximum atomic E-state index is 11.3. The van der Waals surface area contributed by atoms with E-state index in [1.165, 1.54) is 25.7 Å². The smallest absolute Gasteiger partial charge is 0.397 e. The van der Waals surface area contributed by atoms with Crippen molar-refractivity contribution in [2.24, 2.45) is 0 Å². The van der Waals surface area contributed by atoms with Crippen LogP contribution in [-0.2, 0) is 0 Å². The van der Waals surface area contributed by atoms with Gasteiger partial charge in [0.05, 0.1) is 0 Å². The average Bonchev–Trinajstić information content (AvgIpc) is 2.34. The molecule has 0 fully saturated rings. The van der Waals surface area contributed by atoms with Crippen molar-refractivity contribution in [1.82, 2.24) is 0 Å². The van der Waals surface area contributed by atoms with Crippen molar-refractivity contribution in [2.75, 3.05) is 0 Å². The van der Waals surface area contributed by atoms with Crippen LogP contribution < -0.4 is 5.11 Å². The Balaban J connectivity index is 0. The molecule has 0 heterocycles. The zero-order valence-corrected chi connectivity index (χ0v) is 16.0. The van der Waals surface area contributed by atoms with E-state index in [0.717, 1.165) is 0 Å². The Morgan fingerprint density at radius 1 is 0.652 bits per heavy atom. The number of hydrogen-bond donors (Lipinski definition) is 0. The van der Waals surface area contributed by atoms with Crippen LogP contribution in [-0.4, -0.2) is 47.4 Å². The Labute approximate surface area is 140 Å². The summed E-state index contributed by atoms with van der Waals surface area (Å²) >= 11 is 0.0681. The molecule has 0 aliphatic rings. The SMILES string of the molecule is CCC[CH2][Bi+][CH2]CCC.[O-]C(C(F)(F)F)(C(F)(F)F)C(F)(F)F. The minimum Gasteiger partial charge on any atom is -0.830 e. The first-order valence-electron chi connectivity index (χ1n) is 6.70. The molecule has 0 aromatic heterocycles. The van der Waals surface area contributed by atoms with Crippen LogP contribution in [0.15, 0.2) is 0 Å². The fraction of sp³-hybridized carbons (Fsp3) is 1.00. The van der Waals surface area contributed by atoms with Gasteiger partial charge in [-0.15, -0.1) is 0 Å². The predicted molar refractivity (Wildman–Crippen MR) is 66.1 cm³/mol. The average molecular weight is 558 g/mol. The normalized spacial score (nSPS) is 13.6. The molecule has 0 rings (SSSR count). The van der Waals surface area contributed by atoms with Crippen molar-refractivity contribution in [3.05, 3.63) is 0 Å². The summed E-state index contributed by atoms with van der Waals surface area (Å²) in [7, 11) is 0. The third kappa shape index (κ3) is 8.23. The Morgan fingerprint density at radius 3 is 1.04 bits per heavy atom. The second-order valence-electron chi connectivity index (χ2n) is 4.55. The molecule has 0 bridgehead atoms. The number of rotatable bonds is 6. The zero-order valence-electron chi connectivity index (χ0n) is 12.5. The van der Waals surface area contributed by atoms with E-state index in [-0.39, 0.29) is 23.2 Å². The van der Waals surface area contributed by atoms with Gasteiger partial charge in [0.25, 0.3) is 0 Å². The van der Waals surface area contributed by atoms with Crippen molar-refractivity contribution in [2.45, 2.75) is 71.9 Å². The van der Waals surface area contributed by atoms with Crippen LogP contribution >= 0.6 is 0 Å². The van der Waals surface area contributed by atoms with E-state index < -0.39 is 24.1 Å². The van der Waals surface area contributed by atoms with E-state index >= 15 is 0 Å². The zero-order chi connectivity index (χ0) is 18.9. The number of unbranched alkanes of at least 4 members (excludes halogenated alkanes) is 2. The van der Waals surface area contributed by atoms with Crippen LogP contribution in [0, 0.1) is 0 Å². The molecule has 140 valence electrons. The number of alkyl halides is 9. The molecule has 0 aliphatic carbocycles. The molecular formula is C12H18BiF9O. The Bertz CT molecular complexity index is 267. The van der Waals surface area contributed by atoms with Gasteiger partial charge in [0.1, 0.15) is 0 Å². The molecule has 23 heavy (non-hydrogen) atoms. The third-order valence-corrected chi connectivity index (χ3v) is 7.45. The largest absolute Gasteiger partial charge is 0.830 e. The molecule has 0 aromatic carbocycles. The summed E-state index contributed by atoms with van der Waals surface area (Å²) < 4.78 is 105. The number of halogens is 9. The third-order valence-electron chi connectivity index (χ3n) is 2.54. The molecule has 0 amide bonds. The molecule has 0 saturated heterocycles. The molecule has 0 aliphatic heterocycles. The summed E-state index contributed by atoms with van der Waals surface area (Å²) in [6.07, 6.45) is -15.1. The second kappa shape index (κ2) is 10.3. The fourth-order valence-electron chi connectivity index (χ4n) is 1.13. The van der Waals surface area contributed by atoms with Crippen molar-refractivity contribution in [3.8, 4) is 0 Å².